The molecule has 4 nitrogen and oxygen atoms in total. The van der Waals surface area contributed by atoms with Crippen LogP contribution in [0, 0.1) is 0 Å². The first kappa shape index (κ1) is 14.2. The standard InChI is InChI=1S/C15H15ClN2O2/c1-10(19)18-14-4-2-3-5-15(14)20-9-11-6-7-12(17)8-13(11)16/h2-8H,9,17H2,1H3,(H,18,19). The van der Waals surface area contributed by atoms with Crippen LogP contribution >= 0.6 is 11.6 Å². The number of nitrogens with one attached hydrogen (secondary N) is 1. The molecule has 0 aromatic heterocycles. The Kier molecular flexibility index (Phi) is 4.48. The van der Waals surface area contributed by atoms with Crippen LogP contribution in [0.25, 0.3) is 0 Å². The molecule has 0 bridgehead atoms. The van der Waals surface area contributed by atoms with Gasteiger partial charge in [0, 0.05) is 23.2 Å². The second-order valence-electron chi connectivity index (χ2n) is 4.32. The van der Waals surface area contributed by atoms with Crippen molar-refractivity contribution in [1.82, 2.24) is 0 Å². The summed E-state index contributed by atoms with van der Waals surface area (Å²) in [6.45, 7) is 1.75. The highest BCUT2D eigenvalue weighted by Crippen LogP contribution is 2.26. The Labute approximate surface area is 122 Å². The number of hydrogen-bond acceptors (Lipinski definition) is 3. The molecule has 2 aromatic carbocycles. The van der Waals surface area contributed by atoms with Gasteiger partial charge >= 0.3 is 0 Å². The number of amides is 1. The van der Waals surface area contributed by atoms with Crippen molar-refractivity contribution in [2.45, 2.75) is 13.5 Å². The van der Waals surface area contributed by atoms with Gasteiger partial charge in [0.05, 0.1) is 5.69 Å². The molecule has 5 heteroatoms. The Balaban J connectivity index is 2.12. The van der Waals surface area contributed by atoms with Crippen molar-refractivity contribution in [3.8, 4) is 5.75 Å². The molecule has 0 aliphatic carbocycles. The van der Waals surface area contributed by atoms with Gasteiger partial charge in [0.15, 0.2) is 0 Å². The third kappa shape index (κ3) is 3.65. The molecule has 104 valence electrons. The summed E-state index contributed by atoms with van der Waals surface area (Å²) in [5.74, 6) is 0.446. The van der Waals surface area contributed by atoms with E-state index in [-0.39, 0.29) is 5.91 Å². The van der Waals surface area contributed by atoms with Crippen molar-refractivity contribution in [2.24, 2.45) is 0 Å². The molecule has 1 amide bonds. The normalized spacial score (nSPS) is 10.1. The van der Waals surface area contributed by atoms with E-state index in [9.17, 15) is 4.79 Å². The van der Waals surface area contributed by atoms with E-state index < -0.39 is 0 Å². The zero-order valence-corrected chi connectivity index (χ0v) is 11.8. The van der Waals surface area contributed by atoms with E-state index in [1.165, 1.54) is 6.92 Å². The summed E-state index contributed by atoms with van der Waals surface area (Å²) in [7, 11) is 0. The largest absolute Gasteiger partial charge is 0.487 e. The Morgan fingerprint density at radius 3 is 2.75 bits per heavy atom. The predicted molar refractivity (Wildman–Crippen MR) is 80.9 cm³/mol. The van der Waals surface area contributed by atoms with E-state index in [1.54, 1.807) is 24.3 Å². The van der Waals surface area contributed by atoms with Crippen LogP contribution in [0.1, 0.15) is 12.5 Å². The maximum atomic E-state index is 11.1. The summed E-state index contributed by atoms with van der Waals surface area (Å²) in [6.07, 6.45) is 0. The van der Waals surface area contributed by atoms with Crippen molar-refractivity contribution in [3.63, 3.8) is 0 Å². The molecule has 0 unspecified atom stereocenters. The second kappa shape index (κ2) is 6.30. The Morgan fingerprint density at radius 2 is 2.05 bits per heavy atom. The highest BCUT2D eigenvalue weighted by molar-refractivity contribution is 6.31. The molecule has 0 atom stereocenters. The van der Waals surface area contributed by atoms with Gasteiger partial charge in [-0.25, -0.2) is 0 Å². The lowest BCUT2D eigenvalue weighted by Crippen LogP contribution is -2.08. The maximum Gasteiger partial charge on any atom is 0.221 e. The van der Waals surface area contributed by atoms with Gasteiger partial charge in [0.2, 0.25) is 5.91 Å². The number of para-hydroxylation sites is 2. The zero-order valence-electron chi connectivity index (χ0n) is 11.0. The lowest BCUT2D eigenvalue weighted by Gasteiger charge is -2.12. The summed E-state index contributed by atoms with van der Waals surface area (Å²) in [4.78, 5) is 11.1. The van der Waals surface area contributed by atoms with E-state index in [4.69, 9.17) is 22.1 Å². The molecule has 20 heavy (non-hydrogen) atoms. The van der Waals surface area contributed by atoms with Crippen LogP contribution in [0.5, 0.6) is 5.75 Å². The quantitative estimate of drug-likeness (QED) is 0.848. The summed E-state index contributed by atoms with van der Waals surface area (Å²) >= 11 is 6.09. The van der Waals surface area contributed by atoms with E-state index in [2.05, 4.69) is 5.32 Å². The molecule has 0 saturated carbocycles. The first-order valence-electron chi connectivity index (χ1n) is 6.09. The lowest BCUT2D eigenvalue weighted by molar-refractivity contribution is -0.114. The molecule has 0 spiro atoms. The van der Waals surface area contributed by atoms with Crippen LogP contribution in [0.4, 0.5) is 11.4 Å². The highest BCUT2D eigenvalue weighted by atomic mass is 35.5. The van der Waals surface area contributed by atoms with Gasteiger partial charge in [-0.2, -0.15) is 0 Å². The number of hydrogen-bond donors (Lipinski definition) is 2. The van der Waals surface area contributed by atoms with Crippen molar-refractivity contribution < 1.29 is 9.53 Å². The summed E-state index contributed by atoms with van der Waals surface area (Å²) in [6, 6.07) is 12.5. The molecule has 0 saturated heterocycles. The van der Waals surface area contributed by atoms with Crippen molar-refractivity contribution in [1.29, 1.82) is 0 Å². The molecule has 2 aromatic rings. The first-order chi connectivity index (χ1) is 9.56. The fourth-order valence-corrected chi connectivity index (χ4v) is 1.97. The molecule has 0 aliphatic heterocycles. The number of nitrogens with two attached hydrogens (primary N) is 1. The van der Waals surface area contributed by atoms with Crippen LogP contribution < -0.4 is 15.8 Å². The predicted octanol–water partition coefficient (Wildman–Crippen LogP) is 3.46. The Morgan fingerprint density at radius 1 is 1.30 bits per heavy atom. The minimum absolute atomic E-state index is 0.147. The molecule has 0 fully saturated rings. The third-order valence-electron chi connectivity index (χ3n) is 2.66. The monoisotopic (exact) mass is 290 g/mol. The average Bonchev–Trinajstić information content (AvgIpc) is 2.39. The maximum absolute atomic E-state index is 11.1. The second-order valence-corrected chi connectivity index (χ2v) is 4.72. The summed E-state index contributed by atoms with van der Waals surface area (Å²) in [5, 5.41) is 3.27. The molecular formula is C15H15ClN2O2. The summed E-state index contributed by atoms with van der Waals surface area (Å²) < 4.78 is 5.70. The minimum atomic E-state index is -0.147. The Hall–Kier alpha value is -2.20. The summed E-state index contributed by atoms with van der Waals surface area (Å²) in [5.41, 5.74) is 7.71. The number of carbonyl (C=O) groups excluding carboxylic acids is 1. The van der Waals surface area contributed by atoms with Gasteiger partial charge < -0.3 is 15.8 Å². The van der Waals surface area contributed by atoms with Crippen LogP contribution in [0.2, 0.25) is 5.02 Å². The number of halogens is 1. The fraction of sp³-hybridized carbons (Fsp3) is 0.133. The van der Waals surface area contributed by atoms with Gasteiger partial charge in [-0.15, -0.1) is 0 Å². The van der Waals surface area contributed by atoms with Crippen molar-refractivity contribution >= 4 is 28.9 Å². The fourth-order valence-electron chi connectivity index (χ4n) is 1.72. The van der Waals surface area contributed by atoms with Gasteiger partial charge in [0.25, 0.3) is 0 Å². The number of benzene rings is 2. The van der Waals surface area contributed by atoms with Crippen molar-refractivity contribution in [3.05, 3.63) is 53.1 Å². The number of nitrogen functional groups attached to an aromatic ring is 1. The van der Waals surface area contributed by atoms with E-state index in [0.29, 0.717) is 28.8 Å². The van der Waals surface area contributed by atoms with Crippen LogP contribution in [-0.4, -0.2) is 5.91 Å². The minimum Gasteiger partial charge on any atom is -0.487 e. The van der Waals surface area contributed by atoms with Crippen LogP contribution in [0.3, 0.4) is 0 Å². The van der Waals surface area contributed by atoms with Gasteiger partial charge in [-0.05, 0) is 24.3 Å². The molecule has 0 heterocycles. The van der Waals surface area contributed by atoms with E-state index >= 15 is 0 Å². The number of rotatable bonds is 4. The topological polar surface area (TPSA) is 64.3 Å². The molecule has 3 N–H and O–H groups in total. The molecule has 0 aliphatic rings. The lowest BCUT2D eigenvalue weighted by atomic mass is 10.2. The van der Waals surface area contributed by atoms with E-state index in [1.807, 2.05) is 18.2 Å². The van der Waals surface area contributed by atoms with Gasteiger partial charge in [-0.1, -0.05) is 29.8 Å². The molecule has 0 radical (unpaired) electrons. The average molecular weight is 291 g/mol. The Bertz CT molecular complexity index is 629. The number of anilines is 2. The number of ether oxygens (including phenoxy) is 1. The van der Waals surface area contributed by atoms with Gasteiger partial charge in [-0.3, -0.25) is 4.79 Å². The van der Waals surface area contributed by atoms with Crippen molar-refractivity contribution in [2.75, 3.05) is 11.1 Å². The van der Waals surface area contributed by atoms with E-state index in [0.717, 1.165) is 5.56 Å². The molecular weight excluding hydrogens is 276 g/mol. The molecule has 2 rings (SSSR count). The SMILES string of the molecule is CC(=O)Nc1ccccc1OCc1ccc(N)cc1Cl. The van der Waals surface area contributed by atoms with Crippen LogP contribution in [0.15, 0.2) is 42.5 Å². The van der Waals surface area contributed by atoms with Gasteiger partial charge in [0.1, 0.15) is 12.4 Å². The first-order valence-corrected chi connectivity index (χ1v) is 6.47. The smallest absolute Gasteiger partial charge is 0.221 e. The zero-order chi connectivity index (χ0) is 14.5. The third-order valence-corrected chi connectivity index (χ3v) is 3.01. The van der Waals surface area contributed by atoms with Crippen LogP contribution in [-0.2, 0) is 11.4 Å². The highest BCUT2D eigenvalue weighted by Gasteiger charge is 2.06. The number of carbonyl (C=O) groups is 1.